The number of benzene rings is 2. The van der Waals surface area contributed by atoms with Crippen molar-refractivity contribution in [1.29, 1.82) is 0 Å². The molecule has 5 heteroatoms. The maximum atomic E-state index is 12.4. The fourth-order valence-corrected chi connectivity index (χ4v) is 4.43. The number of para-hydroxylation sites is 1. The van der Waals surface area contributed by atoms with Gasteiger partial charge < -0.3 is 15.7 Å². The highest BCUT2D eigenvalue weighted by Gasteiger charge is 2.39. The summed E-state index contributed by atoms with van der Waals surface area (Å²) in [4.78, 5) is 14.2. The Hall–Kier alpha value is -1.98. The molecule has 0 aromatic heterocycles. The molecule has 3 unspecified atom stereocenters. The molecule has 2 saturated heterocycles. The summed E-state index contributed by atoms with van der Waals surface area (Å²) in [6.07, 6.45) is 3.43. The molecule has 2 bridgehead atoms. The Morgan fingerprint density at radius 2 is 1.92 bits per heavy atom. The number of carbonyl (C=O) groups excluding carboxylic acids is 1. The Kier molecular flexibility index (Phi) is 4.21. The molecule has 0 saturated carbocycles. The van der Waals surface area contributed by atoms with Crippen LogP contribution in [0.5, 0.6) is 5.75 Å². The summed E-state index contributed by atoms with van der Waals surface area (Å²) in [7, 11) is 0. The lowest BCUT2D eigenvalue weighted by Crippen LogP contribution is -2.42. The minimum absolute atomic E-state index is 0.00606. The first-order valence-corrected chi connectivity index (χ1v) is 9.13. The predicted molar refractivity (Wildman–Crippen MR) is 94.5 cm³/mol. The number of phenols is 1. The Labute approximate surface area is 145 Å². The first-order valence-electron chi connectivity index (χ1n) is 8.32. The smallest absolute Gasteiger partial charge is 0.251 e. The highest BCUT2D eigenvalue weighted by molar-refractivity contribution is 7.99. The van der Waals surface area contributed by atoms with Gasteiger partial charge in [0.1, 0.15) is 5.75 Å². The van der Waals surface area contributed by atoms with E-state index < -0.39 is 0 Å². The normalized spacial score (nSPS) is 24.9. The second-order valence-electron chi connectivity index (χ2n) is 6.46. The SMILES string of the molecule is O=C(NC1CC2CCC1N2)c1ccc(Sc2ccccc2O)cc1. The molecule has 2 aromatic rings. The molecule has 2 heterocycles. The van der Waals surface area contributed by atoms with E-state index in [0.29, 0.717) is 17.6 Å². The van der Waals surface area contributed by atoms with E-state index in [1.165, 1.54) is 18.2 Å². The van der Waals surface area contributed by atoms with E-state index in [0.717, 1.165) is 22.6 Å². The van der Waals surface area contributed by atoms with Crippen LogP contribution in [0.15, 0.2) is 58.3 Å². The summed E-state index contributed by atoms with van der Waals surface area (Å²) in [5.74, 6) is 0.265. The molecule has 2 aromatic carbocycles. The number of hydrogen-bond donors (Lipinski definition) is 3. The molecule has 0 radical (unpaired) electrons. The Morgan fingerprint density at radius 1 is 1.12 bits per heavy atom. The predicted octanol–water partition coefficient (Wildman–Crippen LogP) is 3.17. The van der Waals surface area contributed by atoms with Crippen LogP contribution in [0.2, 0.25) is 0 Å². The van der Waals surface area contributed by atoms with E-state index in [1.807, 2.05) is 36.4 Å². The van der Waals surface area contributed by atoms with Crippen LogP contribution in [-0.2, 0) is 0 Å². The van der Waals surface area contributed by atoms with Crippen LogP contribution in [0.3, 0.4) is 0 Å². The van der Waals surface area contributed by atoms with Crippen LogP contribution in [0, 0.1) is 0 Å². The van der Waals surface area contributed by atoms with Gasteiger partial charge in [0, 0.05) is 28.6 Å². The Morgan fingerprint density at radius 3 is 2.58 bits per heavy atom. The molecular weight excluding hydrogens is 320 g/mol. The molecule has 3 N–H and O–H groups in total. The van der Waals surface area contributed by atoms with E-state index in [-0.39, 0.29) is 17.7 Å². The Balaban J connectivity index is 1.40. The van der Waals surface area contributed by atoms with Gasteiger partial charge in [-0.2, -0.15) is 0 Å². The molecule has 2 fully saturated rings. The number of rotatable bonds is 4. The number of nitrogens with one attached hydrogen (secondary N) is 2. The largest absolute Gasteiger partial charge is 0.507 e. The number of fused-ring (bicyclic) bond motifs is 2. The van der Waals surface area contributed by atoms with Crippen LogP contribution >= 0.6 is 11.8 Å². The lowest BCUT2D eigenvalue weighted by atomic mass is 9.95. The summed E-state index contributed by atoms with van der Waals surface area (Å²) in [6.45, 7) is 0. The second-order valence-corrected chi connectivity index (χ2v) is 7.57. The third kappa shape index (κ3) is 3.14. The molecule has 0 spiro atoms. The molecule has 1 amide bonds. The summed E-state index contributed by atoms with van der Waals surface area (Å²) in [6, 6.07) is 16.1. The second kappa shape index (κ2) is 6.49. The van der Waals surface area contributed by atoms with Crippen LogP contribution in [0.4, 0.5) is 0 Å². The number of phenolic OH excluding ortho intramolecular Hbond substituents is 1. The molecule has 2 aliphatic rings. The monoisotopic (exact) mass is 340 g/mol. The highest BCUT2D eigenvalue weighted by atomic mass is 32.2. The van der Waals surface area contributed by atoms with Gasteiger partial charge in [0.05, 0.1) is 4.90 Å². The van der Waals surface area contributed by atoms with E-state index in [4.69, 9.17) is 0 Å². The molecule has 4 rings (SSSR count). The summed E-state index contributed by atoms with van der Waals surface area (Å²) in [5.41, 5.74) is 0.680. The van der Waals surface area contributed by atoms with Gasteiger partial charge in [-0.3, -0.25) is 4.79 Å². The van der Waals surface area contributed by atoms with Gasteiger partial charge in [-0.1, -0.05) is 23.9 Å². The van der Waals surface area contributed by atoms with Gasteiger partial charge in [-0.25, -0.2) is 0 Å². The lowest BCUT2D eigenvalue weighted by Gasteiger charge is -2.21. The third-order valence-corrected chi connectivity index (χ3v) is 5.90. The van der Waals surface area contributed by atoms with Crippen molar-refractivity contribution in [3.63, 3.8) is 0 Å². The standard InChI is InChI=1S/C19H20N2O2S/c22-17-3-1-2-4-18(17)24-14-8-5-12(6-9-14)19(23)21-16-11-13-7-10-15(16)20-13/h1-6,8-9,13,15-16,20,22H,7,10-11H2,(H,21,23). The van der Waals surface area contributed by atoms with Crippen molar-refractivity contribution in [1.82, 2.24) is 10.6 Å². The molecule has 2 aliphatic heterocycles. The molecule has 3 atom stereocenters. The van der Waals surface area contributed by atoms with Gasteiger partial charge in [0.25, 0.3) is 5.91 Å². The topological polar surface area (TPSA) is 61.4 Å². The minimum atomic E-state index is -0.00606. The minimum Gasteiger partial charge on any atom is -0.507 e. The van der Waals surface area contributed by atoms with Crippen LogP contribution in [0.25, 0.3) is 0 Å². The first kappa shape index (κ1) is 15.5. The summed E-state index contributed by atoms with van der Waals surface area (Å²) < 4.78 is 0. The van der Waals surface area contributed by atoms with Crippen molar-refractivity contribution < 1.29 is 9.90 Å². The summed E-state index contributed by atoms with van der Waals surface area (Å²) in [5, 5.41) is 16.5. The quantitative estimate of drug-likeness (QED) is 0.800. The van der Waals surface area contributed by atoms with Crippen molar-refractivity contribution in [2.24, 2.45) is 0 Å². The van der Waals surface area contributed by atoms with E-state index >= 15 is 0 Å². The van der Waals surface area contributed by atoms with E-state index in [1.54, 1.807) is 12.1 Å². The zero-order valence-electron chi connectivity index (χ0n) is 13.2. The maximum Gasteiger partial charge on any atom is 0.251 e. The van der Waals surface area contributed by atoms with E-state index in [2.05, 4.69) is 10.6 Å². The molecule has 4 nitrogen and oxygen atoms in total. The molecular formula is C19H20N2O2S. The zero-order chi connectivity index (χ0) is 16.5. The van der Waals surface area contributed by atoms with Gasteiger partial charge in [-0.15, -0.1) is 0 Å². The highest BCUT2D eigenvalue weighted by Crippen LogP contribution is 2.34. The molecule has 0 aliphatic carbocycles. The zero-order valence-corrected chi connectivity index (χ0v) is 14.1. The number of amides is 1. The first-order chi connectivity index (χ1) is 11.7. The average Bonchev–Trinajstić information content (AvgIpc) is 3.20. The molecule has 24 heavy (non-hydrogen) atoms. The number of hydrogen-bond acceptors (Lipinski definition) is 4. The van der Waals surface area contributed by atoms with Gasteiger partial charge in [0.15, 0.2) is 0 Å². The van der Waals surface area contributed by atoms with Gasteiger partial charge in [-0.05, 0) is 55.7 Å². The molecule has 124 valence electrons. The van der Waals surface area contributed by atoms with Crippen LogP contribution in [0.1, 0.15) is 29.6 Å². The maximum absolute atomic E-state index is 12.4. The fraction of sp³-hybridized carbons (Fsp3) is 0.316. The van der Waals surface area contributed by atoms with Crippen LogP contribution in [-0.4, -0.2) is 29.1 Å². The summed E-state index contributed by atoms with van der Waals surface area (Å²) >= 11 is 1.49. The van der Waals surface area contributed by atoms with E-state index in [9.17, 15) is 9.90 Å². The average molecular weight is 340 g/mol. The van der Waals surface area contributed by atoms with Crippen molar-refractivity contribution in [3.05, 3.63) is 54.1 Å². The van der Waals surface area contributed by atoms with Crippen molar-refractivity contribution >= 4 is 17.7 Å². The lowest BCUT2D eigenvalue weighted by molar-refractivity contribution is 0.0931. The number of carbonyl (C=O) groups is 1. The van der Waals surface area contributed by atoms with Crippen molar-refractivity contribution in [2.45, 2.75) is 47.2 Å². The van der Waals surface area contributed by atoms with Crippen molar-refractivity contribution in [3.8, 4) is 5.75 Å². The van der Waals surface area contributed by atoms with Gasteiger partial charge >= 0.3 is 0 Å². The van der Waals surface area contributed by atoms with Gasteiger partial charge in [0.2, 0.25) is 0 Å². The Bertz CT molecular complexity index is 747. The fourth-order valence-electron chi connectivity index (χ4n) is 3.58. The third-order valence-electron chi connectivity index (χ3n) is 4.83. The number of aromatic hydroxyl groups is 1. The van der Waals surface area contributed by atoms with Crippen LogP contribution < -0.4 is 10.6 Å². The van der Waals surface area contributed by atoms with Crippen molar-refractivity contribution in [2.75, 3.05) is 0 Å².